The molecule has 0 fully saturated rings. The van der Waals surface area contributed by atoms with E-state index in [2.05, 4.69) is 29.0 Å². The number of nitrogens with zero attached hydrogens (tertiary/aromatic N) is 2. The molecule has 1 heterocycles. The quantitative estimate of drug-likeness (QED) is 0.797. The monoisotopic (exact) mass is 276 g/mol. The largest absolute Gasteiger partial charge is 0.398 e. The van der Waals surface area contributed by atoms with E-state index in [-0.39, 0.29) is 5.82 Å². The zero-order valence-electron chi connectivity index (χ0n) is 12.0. The Kier molecular flexibility index (Phi) is 4.74. The van der Waals surface area contributed by atoms with Crippen LogP contribution in [0.1, 0.15) is 13.8 Å². The standard InChI is InChI=1S/C15H21FN4/c1-3-20(4-2)9-8-19-15-12(16)10-13(17)11-6-5-7-18-14(11)15/h5-7,10,19H,3-4,8-9,17H2,1-2H3. The molecule has 1 aromatic carbocycles. The third kappa shape index (κ3) is 2.99. The summed E-state index contributed by atoms with van der Waals surface area (Å²) in [6.45, 7) is 7.75. The maximum atomic E-state index is 14.1. The Morgan fingerprint density at radius 1 is 1.35 bits per heavy atom. The predicted molar refractivity (Wildman–Crippen MR) is 82.4 cm³/mol. The van der Waals surface area contributed by atoms with E-state index in [4.69, 9.17) is 5.73 Å². The summed E-state index contributed by atoms with van der Waals surface area (Å²) < 4.78 is 14.1. The van der Waals surface area contributed by atoms with Crippen LogP contribution in [0, 0.1) is 5.82 Å². The van der Waals surface area contributed by atoms with E-state index in [1.807, 2.05) is 6.07 Å². The Morgan fingerprint density at radius 2 is 2.10 bits per heavy atom. The fraction of sp³-hybridized carbons (Fsp3) is 0.400. The van der Waals surface area contributed by atoms with Crippen molar-refractivity contribution in [2.45, 2.75) is 13.8 Å². The van der Waals surface area contributed by atoms with E-state index in [0.717, 1.165) is 25.0 Å². The molecule has 2 rings (SSSR count). The van der Waals surface area contributed by atoms with E-state index in [0.29, 0.717) is 23.4 Å². The topological polar surface area (TPSA) is 54.2 Å². The van der Waals surface area contributed by atoms with Gasteiger partial charge >= 0.3 is 0 Å². The van der Waals surface area contributed by atoms with Crippen molar-refractivity contribution in [1.29, 1.82) is 0 Å². The van der Waals surface area contributed by atoms with Gasteiger partial charge < -0.3 is 16.0 Å². The fourth-order valence-electron chi connectivity index (χ4n) is 2.28. The molecule has 0 aliphatic carbocycles. The highest BCUT2D eigenvalue weighted by molar-refractivity contribution is 5.98. The van der Waals surface area contributed by atoms with Crippen LogP contribution in [0.2, 0.25) is 0 Å². The van der Waals surface area contributed by atoms with Crippen LogP contribution < -0.4 is 11.1 Å². The summed E-state index contributed by atoms with van der Waals surface area (Å²) in [4.78, 5) is 6.52. The Bertz CT molecular complexity index is 581. The number of benzene rings is 1. The minimum absolute atomic E-state index is 0.353. The summed E-state index contributed by atoms with van der Waals surface area (Å²) in [5.74, 6) is -0.353. The highest BCUT2D eigenvalue weighted by atomic mass is 19.1. The van der Waals surface area contributed by atoms with Crippen molar-refractivity contribution < 1.29 is 4.39 Å². The van der Waals surface area contributed by atoms with E-state index in [1.165, 1.54) is 6.07 Å². The van der Waals surface area contributed by atoms with Crippen LogP contribution in [0.5, 0.6) is 0 Å². The molecule has 0 spiro atoms. The first-order valence-electron chi connectivity index (χ1n) is 6.96. The summed E-state index contributed by atoms with van der Waals surface area (Å²) >= 11 is 0. The lowest BCUT2D eigenvalue weighted by molar-refractivity contribution is 0.316. The van der Waals surface area contributed by atoms with Crippen LogP contribution in [0.15, 0.2) is 24.4 Å². The molecule has 0 aliphatic rings. The number of pyridine rings is 1. The maximum absolute atomic E-state index is 14.1. The van der Waals surface area contributed by atoms with Crippen molar-refractivity contribution in [2.24, 2.45) is 0 Å². The van der Waals surface area contributed by atoms with Gasteiger partial charge in [0.15, 0.2) is 5.82 Å². The van der Waals surface area contributed by atoms with Gasteiger partial charge in [0, 0.05) is 30.4 Å². The van der Waals surface area contributed by atoms with E-state index < -0.39 is 0 Å². The normalized spacial score (nSPS) is 11.2. The van der Waals surface area contributed by atoms with Crippen molar-refractivity contribution in [3.8, 4) is 0 Å². The lowest BCUT2D eigenvalue weighted by Crippen LogP contribution is -2.28. The van der Waals surface area contributed by atoms with Crippen LogP contribution in [-0.4, -0.2) is 36.1 Å². The number of fused-ring (bicyclic) bond motifs is 1. The molecule has 0 saturated heterocycles. The summed E-state index contributed by atoms with van der Waals surface area (Å²) in [5, 5.41) is 3.92. The molecule has 0 amide bonds. The van der Waals surface area contributed by atoms with E-state index >= 15 is 0 Å². The first-order chi connectivity index (χ1) is 9.67. The minimum atomic E-state index is -0.353. The van der Waals surface area contributed by atoms with Crippen LogP contribution >= 0.6 is 0 Å². The van der Waals surface area contributed by atoms with Gasteiger partial charge in [0.1, 0.15) is 0 Å². The second-order valence-electron chi connectivity index (χ2n) is 4.68. The van der Waals surface area contributed by atoms with Gasteiger partial charge in [-0.3, -0.25) is 4.98 Å². The van der Waals surface area contributed by atoms with Gasteiger partial charge in [-0.05, 0) is 31.3 Å². The molecule has 0 unspecified atom stereocenters. The summed E-state index contributed by atoms with van der Waals surface area (Å²) in [7, 11) is 0. The molecular formula is C15H21FN4. The molecule has 0 radical (unpaired) electrons. The Morgan fingerprint density at radius 3 is 2.80 bits per heavy atom. The van der Waals surface area contributed by atoms with Crippen molar-refractivity contribution in [1.82, 2.24) is 9.88 Å². The number of hydrogen-bond donors (Lipinski definition) is 2. The van der Waals surface area contributed by atoms with Gasteiger partial charge in [0.2, 0.25) is 0 Å². The third-order valence-electron chi connectivity index (χ3n) is 3.50. The average molecular weight is 276 g/mol. The number of hydrogen-bond acceptors (Lipinski definition) is 4. The summed E-state index contributed by atoms with van der Waals surface area (Å²) in [6, 6.07) is 5.01. The number of rotatable bonds is 6. The number of nitrogens with one attached hydrogen (secondary N) is 1. The van der Waals surface area contributed by atoms with Gasteiger partial charge in [-0.2, -0.15) is 0 Å². The lowest BCUT2D eigenvalue weighted by Gasteiger charge is -2.19. The SMILES string of the molecule is CCN(CC)CCNc1c(F)cc(N)c2cccnc12. The molecule has 2 aromatic rings. The molecule has 4 nitrogen and oxygen atoms in total. The number of anilines is 2. The molecule has 0 saturated carbocycles. The van der Waals surface area contributed by atoms with Gasteiger partial charge in [0.05, 0.1) is 11.2 Å². The third-order valence-corrected chi connectivity index (χ3v) is 3.50. The second-order valence-corrected chi connectivity index (χ2v) is 4.68. The molecule has 0 bridgehead atoms. The first-order valence-corrected chi connectivity index (χ1v) is 6.96. The first kappa shape index (κ1) is 14.5. The molecule has 0 atom stereocenters. The minimum Gasteiger partial charge on any atom is -0.398 e. The van der Waals surface area contributed by atoms with Crippen LogP contribution in [0.3, 0.4) is 0 Å². The predicted octanol–water partition coefficient (Wildman–Crippen LogP) is 2.71. The fourth-order valence-corrected chi connectivity index (χ4v) is 2.28. The maximum Gasteiger partial charge on any atom is 0.150 e. The molecule has 20 heavy (non-hydrogen) atoms. The second kappa shape index (κ2) is 6.52. The zero-order chi connectivity index (χ0) is 14.5. The van der Waals surface area contributed by atoms with Gasteiger partial charge in [-0.25, -0.2) is 4.39 Å². The molecule has 5 heteroatoms. The van der Waals surface area contributed by atoms with Crippen molar-refractivity contribution in [3.63, 3.8) is 0 Å². The number of likely N-dealkylation sites (N-methyl/N-ethyl adjacent to an activating group) is 1. The number of aromatic nitrogens is 1. The van der Waals surface area contributed by atoms with Gasteiger partial charge in [-0.15, -0.1) is 0 Å². The summed E-state index contributed by atoms with van der Waals surface area (Å²) in [5.41, 5.74) is 7.27. The molecule has 0 aliphatic heterocycles. The Hall–Kier alpha value is -1.88. The number of nitrogens with two attached hydrogens (primary N) is 1. The number of nitrogen functional groups attached to an aromatic ring is 1. The Balaban J connectivity index is 2.21. The zero-order valence-corrected chi connectivity index (χ0v) is 12.0. The highest BCUT2D eigenvalue weighted by Crippen LogP contribution is 2.29. The number of halogens is 1. The summed E-state index contributed by atoms with van der Waals surface area (Å²) in [6.07, 6.45) is 1.65. The van der Waals surface area contributed by atoms with E-state index in [9.17, 15) is 4.39 Å². The molecule has 108 valence electrons. The molecular weight excluding hydrogens is 255 g/mol. The molecule has 3 N–H and O–H groups in total. The van der Waals surface area contributed by atoms with Gasteiger partial charge in [0.25, 0.3) is 0 Å². The highest BCUT2D eigenvalue weighted by Gasteiger charge is 2.11. The molecule has 1 aromatic heterocycles. The Labute approximate surface area is 118 Å². The van der Waals surface area contributed by atoms with Crippen molar-refractivity contribution >= 4 is 22.3 Å². The van der Waals surface area contributed by atoms with Crippen molar-refractivity contribution in [3.05, 3.63) is 30.2 Å². The smallest absolute Gasteiger partial charge is 0.150 e. The lowest BCUT2D eigenvalue weighted by atomic mass is 10.1. The van der Waals surface area contributed by atoms with E-state index in [1.54, 1.807) is 12.3 Å². The van der Waals surface area contributed by atoms with Crippen LogP contribution in [0.25, 0.3) is 10.9 Å². The average Bonchev–Trinajstić information content (AvgIpc) is 2.46. The van der Waals surface area contributed by atoms with Crippen LogP contribution in [-0.2, 0) is 0 Å². The van der Waals surface area contributed by atoms with Crippen molar-refractivity contribution in [2.75, 3.05) is 37.2 Å². The van der Waals surface area contributed by atoms with Gasteiger partial charge in [-0.1, -0.05) is 13.8 Å². The van der Waals surface area contributed by atoms with Crippen LogP contribution in [0.4, 0.5) is 15.8 Å².